The van der Waals surface area contributed by atoms with Crippen LogP contribution in [0, 0.1) is 19.3 Å². The maximum Gasteiger partial charge on any atom is 0.263 e. The molecule has 0 atom stereocenters. The van der Waals surface area contributed by atoms with E-state index < -0.39 is 0 Å². The molecule has 1 N–H and O–H groups in total. The molecule has 4 heteroatoms. The number of hydrogen-bond acceptors (Lipinski definition) is 3. The van der Waals surface area contributed by atoms with E-state index in [9.17, 15) is 4.79 Å². The second kappa shape index (κ2) is 7.12. The molecule has 0 fully saturated rings. The van der Waals surface area contributed by atoms with Crippen LogP contribution in [0.1, 0.15) is 26.5 Å². The van der Waals surface area contributed by atoms with Gasteiger partial charge in [-0.05, 0) is 24.6 Å². The van der Waals surface area contributed by atoms with Gasteiger partial charge in [-0.2, -0.15) is 0 Å². The standard InChI is InChI=1S/C20H16N2OS/c1-3-15-9-11-17(12-10-15)20-22-14(2)18(24-20)19(23)21-13-16-7-5-4-6-8-16/h1,4-12H,13H2,2H3,(H,21,23). The van der Waals surface area contributed by atoms with Crippen molar-refractivity contribution < 1.29 is 4.79 Å². The number of rotatable bonds is 4. The number of nitrogens with one attached hydrogen (secondary N) is 1. The highest BCUT2D eigenvalue weighted by atomic mass is 32.1. The van der Waals surface area contributed by atoms with Crippen molar-refractivity contribution >= 4 is 17.2 Å². The number of thiazole rings is 1. The van der Waals surface area contributed by atoms with Gasteiger partial charge in [0, 0.05) is 17.7 Å². The summed E-state index contributed by atoms with van der Waals surface area (Å²) in [6, 6.07) is 17.4. The highest BCUT2D eigenvalue weighted by Gasteiger charge is 2.16. The summed E-state index contributed by atoms with van der Waals surface area (Å²) in [5, 5.41) is 3.76. The molecule has 0 bridgehead atoms. The third-order valence-electron chi connectivity index (χ3n) is 3.60. The van der Waals surface area contributed by atoms with Crippen LogP contribution in [0.25, 0.3) is 10.6 Å². The van der Waals surface area contributed by atoms with E-state index in [1.165, 1.54) is 11.3 Å². The molecule has 0 spiro atoms. The van der Waals surface area contributed by atoms with E-state index >= 15 is 0 Å². The predicted molar refractivity (Wildman–Crippen MR) is 97.8 cm³/mol. The lowest BCUT2D eigenvalue weighted by atomic mass is 10.1. The summed E-state index contributed by atoms with van der Waals surface area (Å²) in [6.07, 6.45) is 5.37. The van der Waals surface area contributed by atoms with E-state index in [4.69, 9.17) is 6.42 Å². The largest absolute Gasteiger partial charge is 0.347 e. The maximum atomic E-state index is 12.4. The van der Waals surface area contributed by atoms with Crippen LogP contribution in [0.15, 0.2) is 54.6 Å². The average molecular weight is 332 g/mol. The zero-order valence-corrected chi connectivity index (χ0v) is 14.1. The van der Waals surface area contributed by atoms with E-state index in [0.717, 1.165) is 27.4 Å². The topological polar surface area (TPSA) is 42.0 Å². The van der Waals surface area contributed by atoms with Gasteiger partial charge in [0.25, 0.3) is 5.91 Å². The van der Waals surface area contributed by atoms with Crippen LogP contribution >= 0.6 is 11.3 Å². The molecular formula is C20H16N2OS. The van der Waals surface area contributed by atoms with Gasteiger partial charge in [0.1, 0.15) is 9.88 Å². The second-order valence-corrected chi connectivity index (χ2v) is 6.32. The third kappa shape index (κ3) is 3.53. The number of terminal acetylenes is 1. The monoisotopic (exact) mass is 332 g/mol. The quantitative estimate of drug-likeness (QED) is 0.733. The minimum absolute atomic E-state index is 0.0969. The van der Waals surface area contributed by atoms with Gasteiger partial charge >= 0.3 is 0 Å². The molecule has 1 heterocycles. The molecule has 1 amide bonds. The van der Waals surface area contributed by atoms with Crippen molar-refractivity contribution in [3.63, 3.8) is 0 Å². The first-order chi connectivity index (χ1) is 11.7. The maximum absolute atomic E-state index is 12.4. The van der Waals surface area contributed by atoms with Crippen LogP contribution in [0.4, 0.5) is 0 Å². The van der Waals surface area contributed by atoms with E-state index in [1.807, 2.05) is 61.5 Å². The number of amides is 1. The normalized spacial score (nSPS) is 10.2. The number of aryl methyl sites for hydroxylation is 1. The molecule has 3 nitrogen and oxygen atoms in total. The Morgan fingerprint density at radius 1 is 1.17 bits per heavy atom. The SMILES string of the molecule is C#Cc1ccc(-c2nc(C)c(C(=O)NCc3ccccc3)s2)cc1. The van der Waals surface area contributed by atoms with Gasteiger partial charge in [-0.3, -0.25) is 4.79 Å². The van der Waals surface area contributed by atoms with Gasteiger partial charge in [0.2, 0.25) is 0 Å². The van der Waals surface area contributed by atoms with Gasteiger partial charge in [-0.1, -0.05) is 48.4 Å². The molecule has 0 aliphatic carbocycles. The van der Waals surface area contributed by atoms with Crippen LogP contribution in [-0.2, 0) is 6.54 Å². The van der Waals surface area contributed by atoms with Gasteiger partial charge in [-0.15, -0.1) is 17.8 Å². The Hall–Kier alpha value is -2.90. The number of carbonyl (C=O) groups excluding carboxylic acids is 1. The number of benzene rings is 2. The Labute approximate surface area is 145 Å². The lowest BCUT2D eigenvalue weighted by Gasteiger charge is -2.03. The summed E-state index contributed by atoms with van der Waals surface area (Å²) in [6.45, 7) is 2.36. The Kier molecular flexibility index (Phi) is 4.74. The number of nitrogens with zero attached hydrogens (tertiary/aromatic N) is 1. The molecule has 0 saturated heterocycles. The first-order valence-corrected chi connectivity index (χ1v) is 8.35. The average Bonchev–Trinajstić information content (AvgIpc) is 3.02. The highest BCUT2D eigenvalue weighted by molar-refractivity contribution is 7.17. The van der Waals surface area contributed by atoms with Crippen molar-refractivity contribution in [2.45, 2.75) is 13.5 Å². The smallest absolute Gasteiger partial charge is 0.263 e. The molecule has 0 unspecified atom stereocenters. The Morgan fingerprint density at radius 3 is 2.54 bits per heavy atom. The van der Waals surface area contributed by atoms with E-state index in [0.29, 0.717) is 11.4 Å². The van der Waals surface area contributed by atoms with Gasteiger partial charge in [0.15, 0.2) is 0 Å². The van der Waals surface area contributed by atoms with Crippen molar-refractivity contribution in [3.05, 3.63) is 76.3 Å². The fourth-order valence-electron chi connectivity index (χ4n) is 2.30. The summed E-state index contributed by atoms with van der Waals surface area (Å²) in [7, 11) is 0. The summed E-state index contributed by atoms with van der Waals surface area (Å²) < 4.78 is 0. The molecule has 3 rings (SSSR count). The number of aromatic nitrogens is 1. The number of carbonyl (C=O) groups is 1. The van der Waals surface area contributed by atoms with Crippen molar-refractivity contribution in [2.24, 2.45) is 0 Å². The lowest BCUT2D eigenvalue weighted by Crippen LogP contribution is -2.22. The molecular weight excluding hydrogens is 316 g/mol. The molecule has 3 aromatic rings. The van der Waals surface area contributed by atoms with Crippen molar-refractivity contribution in [2.75, 3.05) is 0 Å². The van der Waals surface area contributed by atoms with E-state index in [-0.39, 0.29) is 5.91 Å². The predicted octanol–water partition coefficient (Wildman–Crippen LogP) is 4.03. The Morgan fingerprint density at radius 2 is 1.88 bits per heavy atom. The van der Waals surface area contributed by atoms with Crippen LogP contribution in [0.3, 0.4) is 0 Å². The zero-order chi connectivity index (χ0) is 16.9. The minimum Gasteiger partial charge on any atom is -0.347 e. The highest BCUT2D eigenvalue weighted by Crippen LogP contribution is 2.28. The first kappa shape index (κ1) is 16.0. The number of hydrogen-bond donors (Lipinski definition) is 1. The second-order valence-electron chi connectivity index (χ2n) is 5.32. The van der Waals surface area contributed by atoms with Crippen LogP contribution in [-0.4, -0.2) is 10.9 Å². The fraction of sp³-hybridized carbons (Fsp3) is 0.100. The third-order valence-corrected chi connectivity index (χ3v) is 4.80. The zero-order valence-electron chi connectivity index (χ0n) is 13.2. The van der Waals surface area contributed by atoms with E-state index in [2.05, 4.69) is 16.2 Å². The van der Waals surface area contributed by atoms with Crippen LogP contribution in [0.5, 0.6) is 0 Å². The molecule has 2 aromatic carbocycles. The Balaban J connectivity index is 1.75. The Bertz CT molecular complexity index is 890. The molecule has 118 valence electrons. The van der Waals surface area contributed by atoms with Gasteiger partial charge < -0.3 is 5.32 Å². The molecule has 1 aromatic heterocycles. The molecule has 0 aliphatic rings. The summed E-state index contributed by atoms with van der Waals surface area (Å²) in [5.74, 6) is 2.49. The summed E-state index contributed by atoms with van der Waals surface area (Å²) >= 11 is 1.39. The van der Waals surface area contributed by atoms with Crippen molar-refractivity contribution in [1.82, 2.24) is 10.3 Å². The summed E-state index contributed by atoms with van der Waals surface area (Å²) in [4.78, 5) is 17.6. The first-order valence-electron chi connectivity index (χ1n) is 7.54. The lowest BCUT2D eigenvalue weighted by molar-refractivity contribution is 0.0954. The van der Waals surface area contributed by atoms with E-state index in [1.54, 1.807) is 0 Å². The molecule has 0 aliphatic heterocycles. The molecule has 0 radical (unpaired) electrons. The summed E-state index contributed by atoms with van der Waals surface area (Å²) in [5.41, 5.74) is 3.59. The van der Waals surface area contributed by atoms with Crippen LogP contribution < -0.4 is 5.32 Å². The van der Waals surface area contributed by atoms with Gasteiger partial charge in [0.05, 0.1) is 5.69 Å². The fourth-order valence-corrected chi connectivity index (χ4v) is 3.29. The molecule has 0 saturated carbocycles. The van der Waals surface area contributed by atoms with Crippen LogP contribution in [0.2, 0.25) is 0 Å². The molecule has 24 heavy (non-hydrogen) atoms. The van der Waals surface area contributed by atoms with Crippen molar-refractivity contribution in [3.8, 4) is 22.9 Å². The van der Waals surface area contributed by atoms with Gasteiger partial charge in [-0.25, -0.2) is 4.98 Å². The minimum atomic E-state index is -0.0969. The van der Waals surface area contributed by atoms with Crippen molar-refractivity contribution in [1.29, 1.82) is 0 Å².